The topological polar surface area (TPSA) is 18.5 Å². The second kappa shape index (κ2) is 5.47. The maximum atomic E-state index is 6.09. The molecule has 2 rings (SSSR count). The first-order chi connectivity index (χ1) is 8.11. The molecule has 1 aromatic carbocycles. The zero-order chi connectivity index (χ0) is 12.4. The van der Waals surface area contributed by atoms with Crippen molar-refractivity contribution in [1.82, 2.24) is 0 Å². The van der Waals surface area contributed by atoms with Crippen LogP contribution in [0.4, 0.5) is 0 Å². The average Bonchev–Trinajstić information content (AvgIpc) is 2.28. The molecule has 1 fully saturated rings. The number of halogens is 2. The maximum absolute atomic E-state index is 6.09. The van der Waals surface area contributed by atoms with Crippen LogP contribution in [0.15, 0.2) is 18.2 Å². The summed E-state index contributed by atoms with van der Waals surface area (Å²) in [6, 6.07) is 5.61. The Morgan fingerprint density at radius 1 is 1.41 bits per heavy atom. The van der Waals surface area contributed by atoms with E-state index in [1.165, 1.54) is 0 Å². The van der Waals surface area contributed by atoms with Crippen molar-refractivity contribution in [2.75, 3.05) is 6.61 Å². The van der Waals surface area contributed by atoms with Crippen LogP contribution in [0, 0.1) is 6.92 Å². The van der Waals surface area contributed by atoms with Gasteiger partial charge < -0.3 is 9.47 Å². The Morgan fingerprint density at radius 2 is 2.18 bits per heavy atom. The maximum Gasteiger partial charge on any atom is 0.128 e. The normalized spacial score (nSPS) is 27.6. The fourth-order valence-corrected chi connectivity index (χ4v) is 2.59. The van der Waals surface area contributed by atoms with Crippen molar-refractivity contribution in [3.05, 3.63) is 28.8 Å². The number of aryl methyl sites for hydroxylation is 1. The minimum atomic E-state index is -0.00301. The quantitative estimate of drug-likeness (QED) is 0.778. The molecular weight excluding hydrogens is 259 g/mol. The summed E-state index contributed by atoms with van der Waals surface area (Å²) in [4.78, 5) is 0. The molecule has 0 N–H and O–H groups in total. The van der Waals surface area contributed by atoms with Crippen molar-refractivity contribution >= 4 is 23.2 Å². The lowest BCUT2D eigenvalue weighted by Gasteiger charge is -2.40. The first kappa shape index (κ1) is 13.0. The summed E-state index contributed by atoms with van der Waals surface area (Å²) in [5, 5.41) is 0.785. The van der Waals surface area contributed by atoms with Crippen LogP contribution in [0.5, 0.6) is 5.75 Å². The summed E-state index contributed by atoms with van der Waals surface area (Å²) >= 11 is 12.0. The third-order valence-corrected chi connectivity index (χ3v) is 3.62. The lowest BCUT2D eigenvalue weighted by molar-refractivity contribution is -0.0761. The highest BCUT2D eigenvalue weighted by Crippen LogP contribution is 2.34. The van der Waals surface area contributed by atoms with E-state index in [0.29, 0.717) is 6.61 Å². The molecule has 17 heavy (non-hydrogen) atoms. The van der Waals surface area contributed by atoms with E-state index in [-0.39, 0.29) is 17.6 Å². The number of rotatable bonds is 4. The number of hydrogen-bond acceptors (Lipinski definition) is 2. The number of benzene rings is 1. The van der Waals surface area contributed by atoms with Gasteiger partial charge in [0.2, 0.25) is 0 Å². The zero-order valence-electron chi connectivity index (χ0n) is 9.95. The molecule has 0 aromatic heterocycles. The van der Waals surface area contributed by atoms with Crippen LogP contribution >= 0.6 is 23.2 Å². The Morgan fingerprint density at radius 3 is 2.76 bits per heavy atom. The van der Waals surface area contributed by atoms with Crippen LogP contribution < -0.4 is 4.74 Å². The highest BCUT2D eigenvalue weighted by Gasteiger charge is 2.42. The zero-order valence-corrected chi connectivity index (χ0v) is 11.5. The van der Waals surface area contributed by atoms with Gasteiger partial charge in [0, 0.05) is 18.1 Å². The molecular formula is C13H16Cl2O2. The van der Waals surface area contributed by atoms with E-state index >= 15 is 0 Å². The van der Waals surface area contributed by atoms with Gasteiger partial charge in [-0.2, -0.15) is 0 Å². The van der Waals surface area contributed by atoms with Crippen molar-refractivity contribution < 1.29 is 9.47 Å². The number of alkyl halides is 1. The lowest BCUT2D eigenvalue weighted by Crippen LogP contribution is -2.52. The third-order valence-electron chi connectivity index (χ3n) is 2.95. The van der Waals surface area contributed by atoms with Crippen LogP contribution in [-0.2, 0) is 4.74 Å². The minimum absolute atomic E-state index is 0.00301. The molecule has 1 aliphatic rings. The van der Waals surface area contributed by atoms with Crippen molar-refractivity contribution in [1.29, 1.82) is 0 Å². The van der Waals surface area contributed by atoms with E-state index in [1.54, 1.807) is 0 Å². The molecule has 0 heterocycles. The highest BCUT2D eigenvalue weighted by atomic mass is 35.5. The van der Waals surface area contributed by atoms with E-state index < -0.39 is 0 Å². The molecule has 0 spiro atoms. The largest absolute Gasteiger partial charge is 0.487 e. The fourth-order valence-electron chi connectivity index (χ4n) is 1.95. The van der Waals surface area contributed by atoms with E-state index in [2.05, 4.69) is 0 Å². The van der Waals surface area contributed by atoms with Crippen molar-refractivity contribution in [2.45, 2.75) is 37.9 Å². The van der Waals surface area contributed by atoms with Crippen molar-refractivity contribution in [2.24, 2.45) is 0 Å². The Hall–Kier alpha value is -0.440. The molecule has 0 aliphatic heterocycles. The average molecular weight is 275 g/mol. The standard InChI is InChI=1S/C13H16Cl2O2/c1-3-16-13-10(15)7-12(13)17-11-5-4-9(14)6-8(11)2/h4-6,10,12-13H,3,7H2,1-2H3. The van der Waals surface area contributed by atoms with Gasteiger partial charge in [0.25, 0.3) is 0 Å². The molecule has 1 saturated carbocycles. The number of ether oxygens (including phenoxy) is 2. The van der Waals surface area contributed by atoms with Gasteiger partial charge in [0.05, 0.1) is 5.38 Å². The fraction of sp³-hybridized carbons (Fsp3) is 0.538. The summed E-state index contributed by atoms with van der Waals surface area (Å²) in [5.74, 6) is 0.854. The summed E-state index contributed by atoms with van der Waals surface area (Å²) in [7, 11) is 0. The van der Waals surface area contributed by atoms with Gasteiger partial charge in [-0.15, -0.1) is 11.6 Å². The van der Waals surface area contributed by atoms with Crippen LogP contribution in [0.25, 0.3) is 0 Å². The highest BCUT2D eigenvalue weighted by molar-refractivity contribution is 6.30. The van der Waals surface area contributed by atoms with Gasteiger partial charge >= 0.3 is 0 Å². The second-order valence-corrected chi connectivity index (χ2v) is 5.23. The molecule has 3 unspecified atom stereocenters. The van der Waals surface area contributed by atoms with Crippen molar-refractivity contribution in [3.63, 3.8) is 0 Å². The smallest absolute Gasteiger partial charge is 0.128 e. The molecule has 3 atom stereocenters. The second-order valence-electron chi connectivity index (χ2n) is 4.24. The first-order valence-electron chi connectivity index (χ1n) is 5.80. The molecule has 94 valence electrons. The summed E-state index contributed by atoms with van der Waals surface area (Å²) in [6.07, 6.45) is 0.878. The Kier molecular flexibility index (Phi) is 4.18. The van der Waals surface area contributed by atoms with Gasteiger partial charge in [0.15, 0.2) is 0 Å². The molecule has 0 bridgehead atoms. The lowest BCUT2D eigenvalue weighted by atomic mass is 9.91. The first-order valence-corrected chi connectivity index (χ1v) is 6.61. The van der Waals surface area contributed by atoms with Gasteiger partial charge in [-0.1, -0.05) is 11.6 Å². The van der Waals surface area contributed by atoms with Gasteiger partial charge in [0.1, 0.15) is 18.0 Å². The molecule has 2 nitrogen and oxygen atoms in total. The SMILES string of the molecule is CCOC1C(Cl)CC1Oc1ccc(Cl)cc1C. The van der Waals surface area contributed by atoms with Gasteiger partial charge in [-0.3, -0.25) is 0 Å². The molecule has 0 radical (unpaired) electrons. The minimum Gasteiger partial charge on any atom is -0.487 e. The van der Waals surface area contributed by atoms with Gasteiger partial charge in [-0.25, -0.2) is 0 Å². The van der Waals surface area contributed by atoms with Crippen LogP contribution in [0.1, 0.15) is 18.9 Å². The van der Waals surface area contributed by atoms with Crippen molar-refractivity contribution in [3.8, 4) is 5.75 Å². The Balaban J connectivity index is 2.01. The van der Waals surface area contributed by atoms with Crippen LogP contribution in [0.2, 0.25) is 5.02 Å². The van der Waals surface area contributed by atoms with E-state index in [0.717, 1.165) is 22.8 Å². The van der Waals surface area contributed by atoms with Gasteiger partial charge in [-0.05, 0) is 37.6 Å². The number of hydrogen-bond donors (Lipinski definition) is 0. The molecule has 1 aromatic rings. The monoisotopic (exact) mass is 274 g/mol. The predicted octanol–water partition coefficient (Wildman–Crippen LogP) is 3.81. The molecule has 0 saturated heterocycles. The van der Waals surface area contributed by atoms with E-state index in [4.69, 9.17) is 32.7 Å². The predicted molar refractivity (Wildman–Crippen MR) is 70.3 cm³/mol. The Bertz CT molecular complexity index is 395. The molecule has 1 aliphatic carbocycles. The van der Waals surface area contributed by atoms with Crippen LogP contribution in [0.3, 0.4) is 0 Å². The summed E-state index contributed by atoms with van der Waals surface area (Å²) < 4.78 is 11.5. The van der Waals surface area contributed by atoms with Crippen LogP contribution in [-0.4, -0.2) is 24.2 Å². The molecule has 4 heteroatoms. The third kappa shape index (κ3) is 2.87. The summed E-state index contributed by atoms with van der Waals surface area (Å²) in [5.41, 5.74) is 1.03. The Labute approximate surface area is 112 Å². The summed E-state index contributed by atoms with van der Waals surface area (Å²) in [6.45, 7) is 4.60. The van der Waals surface area contributed by atoms with E-state index in [9.17, 15) is 0 Å². The van der Waals surface area contributed by atoms with E-state index in [1.807, 2.05) is 32.0 Å². The molecule has 0 amide bonds.